The van der Waals surface area contributed by atoms with Gasteiger partial charge in [-0.1, -0.05) is 66.2 Å². The number of carbonyl (C=O) groups excluding carboxylic acids is 2. The van der Waals surface area contributed by atoms with E-state index in [0.717, 1.165) is 32.2 Å². The van der Waals surface area contributed by atoms with Gasteiger partial charge in [0.05, 0.1) is 10.6 Å². The van der Waals surface area contributed by atoms with E-state index in [2.05, 4.69) is 10.6 Å². The Bertz CT molecular complexity index is 1740. The molecule has 5 rings (SSSR count). The van der Waals surface area contributed by atoms with E-state index in [-0.39, 0.29) is 11.6 Å². The highest BCUT2D eigenvalue weighted by Gasteiger charge is 2.24. The van der Waals surface area contributed by atoms with Gasteiger partial charge in [0.1, 0.15) is 5.25 Å². The first-order chi connectivity index (χ1) is 20.3. The van der Waals surface area contributed by atoms with Gasteiger partial charge in [0.2, 0.25) is 5.91 Å². The largest absolute Gasteiger partial charge is 0.322 e. The van der Waals surface area contributed by atoms with Crippen molar-refractivity contribution in [2.75, 3.05) is 10.6 Å². The van der Waals surface area contributed by atoms with Crippen molar-refractivity contribution in [2.24, 2.45) is 0 Å². The highest BCUT2D eigenvalue weighted by atomic mass is 32.2. The lowest BCUT2D eigenvalue weighted by atomic mass is 10.1. The number of thiazole rings is 1. The summed E-state index contributed by atoms with van der Waals surface area (Å²) in [4.78, 5) is 43.3. The molecule has 1 unspecified atom stereocenters. The second-order valence-electron chi connectivity index (χ2n) is 9.47. The number of benzene rings is 4. The smallest absolute Gasteiger partial charge is 0.269 e. The number of aromatic nitrogens is 1. The summed E-state index contributed by atoms with van der Waals surface area (Å²) in [5.74, 6) is -0.608. The lowest BCUT2D eigenvalue weighted by Crippen LogP contribution is -2.19. The highest BCUT2D eigenvalue weighted by Crippen LogP contribution is 2.38. The number of non-ortho nitro benzene ring substituents is 1. The van der Waals surface area contributed by atoms with Crippen LogP contribution in [0, 0.1) is 24.0 Å². The molecule has 10 heteroatoms. The first kappa shape index (κ1) is 28.7. The fourth-order valence-electron chi connectivity index (χ4n) is 4.22. The molecule has 0 spiro atoms. The van der Waals surface area contributed by atoms with Gasteiger partial charge in [-0.05, 0) is 49.7 Å². The van der Waals surface area contributed by atoms with Crippen molar-refractivity contribution >= 4 is 51.4 Å². The summed E-state index contributed by atoms with van der Waals surface area (Å²) in [6.45, 7) is 4.02. The Morgan fingerprint density at radius 2 is 1.60 bits per heavy atom. The number of nitro groups is 1. The van der Waals surface area contributed by atoms with Crippen molar-refractivity contribution in [1.29, 1.82) is 0 Å². The summed E-state index contributed by atoms with van der Waals surface area (Å²) in [6, 6.07) is 30.2. The molecule has 1 aromatic heterocycles. The topological polar surface area (TPSA) is 114 Å². The standard InChI is InChI=1S/C32H26N4O4S2/c1-20-11-13-22(14-12-20)28-21(2)41-32(34-28)35-31(38)29(23-7-4-3-5-8-23)42-27-10-6-9-25(19-27)33-30(37)24-15-17-26(18-16-24)36(39)40/h3-19,29H,1-2H3,(H,33,37)(H,34,35,38). The first-order valence-electron chi connectivity index (χ1n) is 13.0. The van der Waals surface area contributed by atoms with Gasteiger partial charge in [-0.2, -0.15) is 0 Å². The summed E-state index contributed by atoms with van der Waals surface area (Å²) in [7, 11) is 0. The van der Waals surface area contributed by atoms with E-state index in [9.17, 15) is 19.7 Å². The quantitative estimate of drug-likeness (QED) is 0.101. The van der Waals surface area contributed by atoms with E-state index < -0.39 is 16.1 Å². The number of aryl methyl sites for hydroxylation is 2. The molecule has 1 heterocycles. The van der Waals surface area contributed by atoms with Gasteiger partial charge in [0.25, 0.3) is 11.6 Å². The van der Waals surface area contributed by atoms with E-state index >= 15 is 0 Å². The molecule has 2 amide bonds. The summed E-state index contributed by atoms with van der Waals surface area (Å²) in [6.07, 6.45) is 0. The molecular formula is C32H26N4O4S2. The summed E-state index contributed by atoms with van der Waals surface area (Å²) in [5.41, 5.74) is 4.57. The minimum Gasteiger partial charge on any atom is -0.322 e. The number of carbonyl (C=O) groups is 2. The number of nitro benzene ring substituents is 1. The number of nitrogens with one attached hydrogen (secondary N) is 2. The van der Waals surface area contributed by atoms with Crippen LogP contribution in [-0.4, -0.2) is 21.7 Å². The molecule has 0 aliphatic carbocycles. The van der Waals surface area contributed by atoms with Gasteiger partial charge in [-0.3, -0.25) is 19.7 Å². The van der Waals surface area contributed by atoms with Crippen LogP contribution in [0.15, 0.2) is 108 Å². The molecule has 0 aliphatic rings. The molecule has 0 aliphatic heterocycles. The lowest BCUT2D eigenvalue weighted by molar-refractivity contribution is -0.384. The SMILES string of the molecule is Cc1ccc(-c2nc(NC(=O)C(Sc3cccc(NC(=O)c4ccc([N+](=O)[O-])cc4)c3)c3ccccc3)sc2C)cc1. The Labute approximate surface area is 251 Å². The van der Waals surface area contributed by atoms with Crippen molar-refractivity contribution < 1.29 is 14.5 Å². The van der Waals surface area contributed by atoms with Crippen LogP contribution < -0.4 is 10.6 Å². The van der Waals surface area contributed by atoms with Crippen LogP contribution in [-0.2, 0) is 4.79 Å². The van der Waals surface area contributed by atoms with E-state index in [1.165, 1.54) is 47.4 Å². The highest BCUT2D eigenvalue weighted by molar-refractivity contribution is 8.00. The first-order valence-corrected chi connectivity index (χ1v) is 14.7. The number of hydrogen-bond donors (Lipinski definition) is 2. The molecule has 0 fully saturated rings. The van der Waals surface area contributed by atoms with Crippen molar-refractivity contribution in [3.63, 3.8) is 0 Å². The molecule has 1 atom stereocenters. The number of hydrogen-bond acceptors (Lipinski definition) is 7. The van der Waals surface area contributed by atoms with Gasteiger partial charge >= 0.3 is 0 Å². The number of anilines is 2. The summed E-state index contributed by atoms with van der Waals surface area (Å²) in [5, 5.41) is 16.7. The van der Waals surface area contributed by atoms with E-state index in [1.54, 1.807) is 18.2 Å². The zero-order valence-corrected chi connectivity index (χ0v) is 24.4. The van der Waals surface area contributed by atoms with Crippen molar-refractivity contribution in [1.82, 2.24) is 4.98 Å². The molecule has 8 nitrogen and oxygen atoms in total. The maximum absolute atomic E-state index is 13.7. The van der Waals surface area contributed by atoms with Gasteiger partial charge in [-0.25, -0.2) is 4.98 Å². The van der Waals surface area contributed by atoms with Gasteiger partial charge in [0, 0.05) is 38.7 Å². The maximum Gasteiger partial charge on any atom is 0.269 e. The van der Waals surface area contributed by atoms with Gasteiger partial charge < -0.3 is 10.6 Å². The molecular weight excluding hydrogens is 569 g/mol. The van der Waals surface area contributed by atoms with Crippen LogP contribution in [0.2, 0.25) is 0 Å². The number of thioether (sulfide) groups is 1. The zero-order chi connectivity index (χ0) is 29.6. The Kier molecular flexibility index (Phi) is 8.75. The van der Waals surface area contributed by atoms with Crippen molar-refractivity contribution in [3.8, 4) is 11.3 Å². The minimum atomic E-state index is -0.584. The van der Waals surface area contributed by atoms with Crippen LogP contribution in [0.1, 0.15) is 31.6 Å². The normalized spacial score (nSPS) is 11.5. The fraction of sp³-hybridized carbons (Fsp3) is 0.0938. The number of rotatable bonds is 9. The summed E-state index contributed by atoms with van der Waals surface area (Å²) >= 11 is 2.79. The molecule has 4 aromatic carbocycles. The third-order valence-corrected chi connectivity index (χ3v) is 8.51. The van der Waals surface area contributed by atoms with Crippen molar-refractivity contribution in [2.45, 2.75) is 24.0 Å². The van der Waals surface area contributed by atoms with Crippen molar-refractivity contribution in [3.05, 3.63) is 135 Å². The van der Waals surface area contributed by atoms with Crippen LogP contribution in [0.5, 0.6) is 0 Å². The monoisotopic (exact) mass is 594 g/mol. The second-order valence-corrected chi connectivity index (χ2v) is 11.9. The molecule has 0 bridgehead atoms. The molecule has 210 valence electrons. The Balaban J connectivity index is 1.34. The molecule has 5 aromatic rings. The Morgan fingerprint density at radius 1 is 0.881 bits per heavy atom. The number of nitrogens with zero attached hydrogens (tertiary/aromatic N) is 2. The van der Waals surface area contributed by atoms with Crippen LogP contribution in [0.4, 0.5) is 16.5 Å². The third kappa shape index (κ3) is 6.91. The average Bonchev–Trinajstić information content (AvgIpc) is 3.36. The molecule has 0 saturated heterocycles. The Hall–Kier alpha value is -4.80. The Morgan fingerprint density at radius 3 is 2.29 bits per heavy atom. The van der Waals surface area contributed by atoms with Crippen LogP contribution in [0.3, 0.4) is 0 Å². The third-order valence-electron chi connectivity index (χ3n) is 6.38. The predicted molar refractivity (Wildman–Crippen MR) is 168 cm³/mol. The van der Waals surface area contributed by atoms with Crippen LogP contribution >= 0.6 is 23.1 Å². The molecule has 0 radical (unpaired) electrons. The van der Waals surface area contributed by atoms with Gasteiger partial charge in [-0.15, -0.1) is 23.1 Å². The van der Waals surface area contributed by atoms with E-state index in [1.807, 2.05) is 74.5 Å². The second kappa shape index (κ2) is 12.8. The summed E-state index contributed by atoms with van der Waals surface area (Å²) < 4.78 is 0. The van der Waals surface area contributed by atoms with Gasteiger partial charge in [0.15, 0.2) is 5.13 Å². The van der Waals surface area contributed by atoms with Crippen LogP contribution in [0.25, 0.3) is 11.3 Å². The molecule has 42 heavy (non-hydrogen) atoms. The fourth-order valence-corrected chi connectivity index (χ4v) is 6.14. The number of amides is 2. The molecule has 2 N–H and O–H groups in total. The van der Waals surface area contributed by atoms with E-state index in [4.69, 9.17) is 4.98 Å². The maximum atomic E-state index is 13.7. The van der Waals surface area contributed by atoms with E-state index in [0.29, 0.717) is 16.4 Å². The zero-order valence-electron chi connectivity index (χ0n) is 22.7. The molecule has 0 saturated carbocycles. The minimum absolute atomic E-state index is 0.0885. The lowest BCUT2D eigenvalue weighted by Gasteiger charge is -2.17. The predicted octanol–water partition coefficient (Wildman–Crippen LogP) is 8.06. The average molecular weight is 595 g/mol.